The predicted molar refractivity (Wildman–Crippen MR) is 95.3 cm³/mol. The molecule has 3 aromatic rings. The fourth-order valence-electron chi connectivity index (χ4n) is 2.39. The van der Waals surface area contributed by atoms with Crippen LogP contribution in [0.25, 0.3) is 0 Å². The first-order valence-electron chi connectivity index (χ1n) is 7.60. The monoisotopic (exact) mass is 321 g/mol. The number of anilines is 4. The number of hydrogen-bond donors (Lipinski definition) is 2. The van der Waals surface area contributed by atoms with Crippen molar-refractivity contribution in [2.75, 3.05) is 17.7 Å². The number of hydrogen-bond acceptors (Lipinski definition) is 6. The normalized spacial score (nSPS) is 10.3. The van der Waals surface area contributed by atoms with E-state index in [0.717, 1.165) is 28.3 Å². The van der Waals surface area contributed by atoms with Gasteiger partial charge in [0.15, 0.2) is 5.82 Å². The first-order chi connectivity index (χ1) is 11.7. The van der Waals surface area contributed by atoms with Crippen molar-refractivity contribution in [3.8, 4) is 5.75 Å². The average Bonchev–Trinajstić information content (AvgIpc) is 2.59. The molecule has 0 unspecified atom stereocenters. The van der Waals surface area contributed by atoms with E-state index in [4.69, 9.17) is 4.74 Å². The quantitative estimate of drug-likeness (QED) is 0.740. The molecule has 0 spiro atoms. The highest BCUT2D eigenvalue weighted by molar-refractivity contribution is 5.64. The second-order valence-corrected chi connectivity index (χ2v) is 5.41. The van der Waals surface area contributed by atoms with Gasteiger partial charge in [0.1, 0.15) is 5.75 Å². The molecule has 122 valence electrons. The lowest BCUT2D eigenvalue weighted by atomic mass is 10.1. The minimum Gasteiger partial charge on any atom is -0.497 e. The molecule has 0 radical (unpaired) electrons. The van der Waals surface area contributed by atoms with Gasteiger partial charge < -0.3 is 15.4 Å². The molecule has 2 aromatic carbocycles. The van der Waals surface area contributed by atoms with Crippen LogP contribution >= 0.6 is 0 Å². The summed E-state index contributed by atoms with van der Waals surface area (Å²) in [5, 5.41) is 14.5. The maximum absolute atomic E-state index is 5.22. The molecular weight excluding hydrogens is 302 g/mol. The number of aryl methyl sites for hydroxylation is 2. The third-order valence-electron chi connectivity index (χ3n) is 3.62. The lowest BCUT2D eigenvalue weighted by molar-refractivity contribution is 0.415. The van der Waals surface area contributed by atoms with Crippen LogP contribution in [0.4, 0.5) is 23.1 Å². The van der Waals surface area contributed by atoms with Crippen molar-refractivity contribution in [3.05, 3.63) is 59.8 Å². The molecule has 0 aliphatic carbocycles. The zero-order chi connectivity index (χ0) is 16.9. The topological polar surface area (TPSA) is 72.0 Å². The van der Waals surface area contributed by atoms with E-state index in [2.05, 4.69) is 25.8 Å². The highest BCUT2D eigenvalue weighted by Crippen LogP contribution is 2.24. The van der Waals surface area contributed by atoms with Crippen LogP contribution in [0.2, 0.25) is 0 Å². The number of rotatable bonds is 5. The molecule has 0 amide bonds. The highest BCUT2D eigenvalue weighted by Gasteiger charge is 2.06. The van der Waals surface area contributed by atoms with Crippen molar-refractivity contribution in [2.45, 2.75) is 13.8 Å². The number of para-hydroxylation sites is 1. The zero-order valence-corrected chi connectivity index (χ0v) is 13.9. The molecule has 2 N–H and O–H groups in total. The van der Waals surface area contributed by atoms with Gasteiger partial charge in [-0.05, 0) is 37.1 Å². The molecule has 0 fully saturated rings. The maximum atomic E-state index is 5.22. The van der Waals surface area contributed by atoms with Gasteiger partial charge in [-0.3, -0.25) is 0 Å². The van der Waals surface area contributed by atoms with Gasteiger partial charge in [0.05, 0.1) is 13.3 Å². The Balaban J connectivity index is 1.81. The number of aromatic nitrogens is 3. The van der Waals surface area contributed by atoms with Crippen molar-refractivity contribution in [1.82, 2.24) is 15.2 Å². The van der Waals surface area contributed by atoms with Gasteiger partial charge in [-0.1, -0.05) is 24.3 Å². The van der Waals surface area contributed by atoms with E-state index < -0.39 is 0 Å². The second-order valence-electron chi connectivity index (χ2n) is 5.41. The molecule has 3 rings (SSSR count). The van der Waals surface area contributed by atoms with Gasteiger partial charge in [0, 0.05) is 17.4 Å². The van der Waals surface area contributed by atoms with Crippen LogP contribution in [0.3, 0.4) is 0 Å². The molecule has 0 saturated carbocycles. The SMILES string of the molecule is COc1cccc(Nc2cnnc(Nc3c(C)cccc3C)n2)c1. The van der Waals surface area contributed by atoms with Crippen LogP contribution in [0.1, 0.15) is 11.1 Å². The molecule has 0 aliphatic heterocycles. The molecule has 0 atom stereocenters. The number of benzene rings is 2. The summed E-state index contributed by atoms with van der Waals surface area (Å²) in [5.41, 5.74) is 4.13. The molecular formula is C18H19N5O. The Morgan fingerprint density at radius 1 is 0.958 bits per heavy atom. The Morgan fingerprint density at radius 2 is 1.71 bits per heavy atom. The minimum absolute atomic E-state index is 0.445. The first kappa shape index (κ1) is 15.7. The lowest BCUT2D eigenvalue weighted by Crippen LogP contribution is -2.04. The van der Waals surface area contributed by atoms with Gasteiger partial charge in [0.2, 0.25) is 5.95 Å². The van der Waals surface area contributed by atoms with Crippen LogP contribution in [0.15, 0.2) is 48.7 Å². The second kappa shape index (κ2) is 6.95. The molecule has 1 heterocycles. The van der Waals surface area contributed by atoms with Crippen LogP contribution in [-0.2, 0) is 0 Å². The Hall–Kier alpha value is -3.15. The van der Waals surface area contributed by atoms with Crippen molar-refractivity contribution in [1.29, 1.82) is 0 Å². The van der Waals surface area contributed by atoms with Crippen molar-refractivity contribution in [2.24, 2.45) is 0 Å². The minimum atomic E-state index is 0.445. The summed E-state index contributed by atoms with van der Waals surface area (Å²) in [6.07, 6.45) is 1.58. The molecule has 6 nitrogen and oxygen atoms in total. The Kier molecular flexibility index (Phi) is 4.56. The molecule has 6 heteroatoms. The van der Waals surface area contributed by atoms with Gasteiger partial charge >= 0.3 is 0 Å². The molecule has 24 heavy (non-hydrogen) atoms. The predicted octanol–water partition coefficient (Wildman–Crippen LogP) is 3.98. The standard InChI is InChI=1S/C18H19N5O/c1-12-6-4-7-13(2)17(12)22-18-21-16(11-19-23-18)20-14-8-5-9-15(10-14)24-3/h4-11H,1-3H3,(H2,20,21,22,23). The van der Waals surface area contributed by atoms with Crippen LogP contribution < -0.4 is 15.4 Å². The average molecular weight is 321 g/mol. The summed E-state index contributed by atoms with van der Waals surface area (Å²) in [7, 11) is 1.64. The summed E-state index contributed by atoms with van der Waals surface area (Å²) in [4.78, 5) is 4.46. The van der Waals surface area contributed by atoms with Crippen molar-refractivity contribution in [3.63, 3.8) is 0 Å². The third kappa shape index (κ3) is 3.60. The zero-order valence-electron chi connectivity index (χ0n) is 13.9. The fourth-order valence-corrected chi connectivity index (χ4v) is 2.39. The summed E-state index contributed by atoms with van der Waals surface area (Å²) in [6, 6.07) is 13.7. The Labute approximate surface area is 140 Å². The van der Waals surface area contributed by atoms with E-state index >= 15 is 0 Å². The van der Waals surface area contributed by atoms with E-state index in [1.807, 2.05) is 56.3 Å². The van der Waals surface area contributed by atoms with Gasteiger partial charge in [0.25, 0.3) is 0 Å². The van der Waals surface area contributed by atoms with E-state index in [-0.39, 0.29) is 0 Å². The molecule has 0 aliphatic rings. The summed E-state index contributed by atoms with van der Waals surface area (Å²) < 4.78 is 5.22. The number of nitrogens with one attached hydrogen (secondary N) is 2. The summed E-state index contributed by atoms with van der Waals surface area (Å²) in [5.74, 6) is 1.82. The van der Waals surface area contributed by atoms with E-state index in [1.54, 1.807) is 13.3 Å². The van der Waals surface area contributed by atoms with Crippen LogP contribution in [0, 0.1) is 13.8 Å². The molecule has 0 bridgehead atoms. The molecule has 1 aromatic heterocycles. The summed E-state index contributed by atoms with van der Waals surface area (Å²) >= 11 is 0. The smallest absolute Gasteiger partial charge is 0.249 e. The van der Waals surface area contributed by atoms with E-state index in [0.29, 0.717) is 11.8 Å². The Morgan fingerprint density at radius 3 is 2.46 bits per heavy atom. The fraction of sp³-hybridized carbons (Fsp3) is 0.167. The van der Waals surface area contributed by atoms with Gasteiger partial charge in [-0.15, -0.1) is 5.10 Å². The highest BCUT2D eigenvalue weighted by atomic mass is 16.5. The lowest BCUT2D eigenvalue weighted by Gasteiger charge is -2.12. The summed E-state index contributed by atoms with van der Waals surface area (Å²) in [6.45, 7) is 4.09. The first-order valence-corrected chi connectivity index (χ1v) is 7.60. The van der Waals surface area contributed by atoms with Crippen LogP contribution in [0.5, 0.6) is 5.75 Å². The van der Waals surface area contributed by atoms with Crippen molar-refractivity contribution < 1.29 is 4.74 Å². The molecule has 0 saturated heterocycles. The Bertz CT molecular complexity index is 830. The van der Waals surface area contributed by atoms with Crippen LogP contribution in [-0.4, -0.2) is 22.3 Å². The number of methoxy groups -OCH3 is 1. The maximum Gasteiger partial charge on any atom is 0.249 e. The third-order valence-corrected chi connectivity index (χ3v) is 3.62. The van der Waals surface area contributed by atoms with E-state index in [9.17, 15) is 0 Å². The van der Waals surface area contributed by atoms with Gasteiger partial charge in [-0.2, -0.15) is 10.1 Å². The number of nitrogens with zero attached hydrogens (tertiary/aromatic N) is 3. The van der Waals surface area contributed by atoms with Crippen molar-refractivity contribution >= 4 is 23.1 Å². The largest absolute Gasteiger partial charge is 0.497 e. The van der Waals surface area contributed by atoms with E-state index in [1.165, 1.54) is 0 Å². The van der Waals surface area contributed by atoms with Gasteiger partial charge in [-0.25, -0.2) is 0 Å². The number of ether oxygens (including phenoxy) is 1.